The van der Waals surface area contributed by atoms with Gasteiger partial charge in [0.15, 0.2) is 10.9 Å². The van der Waals surface area contributed by atoms with E-state index in [1.165, 1.54) is 6.92 Å². The number of carbonyl (C=O) groups is 2. The van der Waals surface area contributed by atoms with E-state index in [2.05, 4.69) is 0 Å². The number of aryl methyl sites for hydroxylation is 1. The second-order valence-electron chi connectivity index (χ2n) is 12.7. The first kappa shape index (κ1) is 38.7. The van der Waals surface area contributed by atoms with Gasteiger partial charge in [-0.1, -0.05) is 54.5 Å². The minimum atomic E-state index is -0.821. The highest BCUT2D eigenvalue weighted by molar-refractivity contribution is 5.69. The van der Waals surface area contributed by atoms with Crippen LogP contribution in [0.5, 0.6) is 0 Å². The van der Waals surface area contributed by atoms with Crippen LogP contribution >= 0.6 is 0 Å². The van der Waals surface area contributed by atoms with Crippen LogP contribution in [0.1, 0.15) is 138 Å². The van der Waals surface area contributed by atoms with Crippen molar-refractivity contribution in [1.82, 2.24) is 0 Å². The van der Waals surface area contributed by atoms with Crippen molar-refractivity contribution in [1.29, 1.82) is 0 Å². The summed E-state index contributed by atoms with van der Waals surface area (Å²) in [5.74, 6) is -0.922. The Morgan fingerprint density at radius 1 is 0.783 bits per heavy atom. The lowest BCUT2D eigenvalue weighted by Crippen LogP contribution is -2.40. The molecule has 0 radical (unpaired) electrons. The molecule has 0 unspecified atom stereocenters. The second-order valence-corrected chi connectivity index (χ2v) is 12.7. The van der Waals surface area contributed by atoms with Crippen LogP contribution in [0.4, 0.5) is 0 Å². The molecule has 1 N–H and O–H groups in total. The maximum Gasteiger partial charge on any atom is 0.305 e. The lowest BCUT2D eigenvalue weighted by Gasteiger charge is -2.34. The molecule has 0 fully saturated rings. The summed E-state index contributed by atoms with van der Waals surface area (Å²) >= 11 is 0. The van der Waals surface area contributed by atoms with E-state index in [4.69, 9.17) is 18.3 Å². The molecule has 9 heteroatoms. The molecule has 0 spiro atoms. The van der Waals surface area contributed by atoms with Gasteiger partial charge in [0.1, 0.15) is 35.2 Å². The molecule has 2 rings (SSSR count). The van der Waals surface area contributed by atoms with Gasteiger partial charge in [-0.05, 0) is 46.6 Å². The summed E-state index contributed by atoms with van der Waals surface area (Å²) in [5, 5.41) is 10.5. The largest absolute Gasteiger partial charge is 0.465 e. The van der Waals surface area contributed by atoms with Crippen LogP contribution in [0.15, 0.2) is 30.1 Å². The Bertz CT molecular complexity index is 1540. The normalized spacial score (nSPS) is 16.6. The molecule has 0 aliphatic rings. The fraction of sp³-hybridized carbons (Fsp3) is 0.622. The average molecular weight is 643 g/mol. The highest BCUT2D eigenvalue weighted by Gasteiger charge is 2.38. The van der Waals surface area contributed by atoms with Crippen molar-refractivity contribution in [3.8, 4) is 0 Å². The summed E-state index contributed by atoms with van der Waals surface area (Å²) in [6.07, 6.45) is 0.751. The van der Waals surface area contributed by atoms with Gasteiger partial charge in [0, 0.05) is 59.8 Å². The number of hydrogen-bond donors (Lipinski definition) is 1. The zero-order valence-corrected chi connectivity index (χ0v) is 30.0. The summed E-state index contributed by atoms with van der Waals surface area (Å²) < 4.78 is 24.4. The molecule has 0 aromatic carbocycles. The molecule has 2 aromatic rings. The van der Waals surface area contributed by atoms with Gasteiger partial charge in [-0.15, -0.1) is 0 Å². The van der Waals surface area contributed by atoms with E-state index in [0.29, 0.717) is 63.7 Å². The molecular formula is C37H54O9. The van der Waals surface area contributed by atoms with Gasteiger partial charge in [-0.25, -0.2) is 0 Å². The van der Waals surface area contributed by atoms with Crippen LogP contribution in [0, 0.1) is 33.6 Å². The minimum absolute atomic E-state index is 0.116. The summed E-state index contributed by atoms with van der Waals surface area (Å²) in [5.41, 5.74) is 2.34. The maximum atomic E-state index is 13.2. The van der Waals surface area contributed by atoms with Gasteiger partial charge in [0.2, 0.25) is 0 Å². The van der Waals surface area contributed by atoms with Gasteiger partial charge in [0.25, 0.3) is 0 Å². The number of rotatable bonds is 14. The molecule has 0 aliphatic carbocycles. The number of allylic oxidation sites excluding steroid dienone is 1. The number of ether oxygens (including phenoxy) is 2. The monoisotopic (exact) mass is 642 g/mol. The van der Waals surface area contributed by atoms with Crippen LogP contribution in [-0.2, 0) is 25.5 Å². The zero-order valence-electron chi connectivity index (χ0n) is 30.0. The fourth-order valence-electron chi connectivity index (χ4n) is 6.33. The fourth-order valence-corrected chi connectivity index (χ4v) is 6.33. The predicted octanol–water partition coefficient (Wildman–Crippen LogP) is 7.01. The summed E-state index contributed by atoms with van der Waals surface area (Å²) in [7, 11) is 0. The molecule has 0 amide bonds. The van der Waals surface area contributed by atoms with Gasteiger partial charge >= 0.3 is 11.9 Å². The average Bonchev–Trinajstić information content (AvgIpc) is 3.02. The number of hydrogen-bond acceptors (Lipinski definition) is 9. The van der Waals surface area contributed by atoms with Gasteiger partial charge < -0.3 is 23.4 Å². The topological polar surface area (TPSA) is 133 Å². The minimum Gasteiger partial charge on any atom is -0.465 e. The zero-order chi connectivity index (χ0) is 35.2. The third-order valence-electron chi connectivity index (χ3n) is 9.20. The molecule has 9 nitrogen and oxygen atoms in total. The summed E-state index contributed by atoms with van der Waals surface area (Å²) in [6.45, 7) is 22.9. The van der Waals surface area contributed by atoms with E-state index in [9.17, 15) is 24.3 Å². The van der Waals surface area contributed by atoms with Gasteiger partial charge in [-0.2, -0.15) is 0 Å². The van der Waals surface area contributed by atoms with E-state index < -0.39 is 48.0 Å². The van der Waals surface area contributed by atoms with E-state index in [-0.39, 0.29) is 23.2 Å². The Labute approximate surface area is 273 Å². The third-order valence-corrected chi connectivity index (χ3v) is 9.20. The molecule has 0 saturated heterocycles. The van der Waals surface area contributed by atoms with E-state index in [1.54, 1.807) is 34.6 Å². The van der Waals surface area contributed by atoms with Crippen molar-refractivity contribution in [3.05, 3.63) is 77.4 Å². The first-order valence-electron chi connectivity index (χ1n) is 16.4. The van der Waals surface area contributed by atoms with Crippen molar-refractivity contribution in [2.75, 3.05) is 0 Å². The number of carbonyl (C=O) groups excluding carboxylic acids is 2. The van der Waals surface area contributed by atoms with E-state index in [1.807, 2.05) is 54.5 Å². The van der Waals surface area contributed by atoms with Gasteiger partial charge in [0.05, 0.1) is 12.0 Å². The smallest absolute Gasteiger partial charge is 0.305 e. The Balaban J connectivity index is 2.68. The number of aliphatic hydroxyl groups is 1. The van der Waals surface area contributed by atoms with Crippen LogP contribution in [0.3, 0.4) is 0 Å². The SMILES string of the molecule is CCC(=O)O[C@H]([C@@H](C)[C@@H](OC(C)=O)/C(C)=C/[C@H](C)c1oc([C@@H](C)[C@@H](O)CC)c(C)c(=O)c1C)[C@@H](C)c1oc(CC)c(C)c(=O)c1C. The third kappa shape index (κ3) is 8.46. The van der Waals surface area contributed by atoms with Gasteiger partial charge in [-0.3, -0.25) is 19.2 Å². The number of esters is 2. The van der Waals surface area contributed by atoms with Crippen LogP contribution in [0.2, 0.25) is 0 Å². The molecule has 7 atom stereocenters. The van der Waals surface area contributed by atoms with Crippen molar-refractivity contribution >= 4 is 11.9 Å². The summed E-state index contributed by atoms with van der Waals surface area (Å²) in [6, 6.07) is 0. The molecule has 256 valence electrons. The lowest BCUT2D eigenvalue weighted by molar-refractivity contribution is -0.159. The van der Waals surface area contributed by atoms with Crippen LogP contribution in [0.25, 0.3) is 0 Å². The number of aliphatic hydroxyl groups excluding tert-OH is 1. The van der Waals surface area contributed by atoms with Crippen LogP contribution in [-0.4, -0.2) is 35.4 Å². The lowest BCUT2D eigenvalue weighted by atomic mass is 9.83. The molecule has 2 aromatic heterocycles. The maximum absolute atomic E-state index is 13.2. The Morgan fingerprint density at radius 3 is 1.80 bits per heavy atom. The van der Waals surface area contributed by atoms with Crippen molar-refractivity contribution in [2.45, 2.75) is 145 Å². The summed E-state index contributed by atoms with van der Waals surface area (Å²) in [4.78, 5) is 51.5. The molecule has 46 heavy (non-hydrogen) atoms. The predicted molar refractivity (Wildman–Crippen MR) is 178 cm³/mol. The Morgan fingerprint density at radius 2 is 1.30 bits per heavy atom. The molecular weight excluding hydrogens is 588 g/mol. The van der Waals surface area contributed by atoms with Crippen LogP contribution < -0.4 is 10.9 Å². The Hall–Kier alpha value is -3.46. The first-order chi connectivity index (χ1) is 21.4. The first-order valence-corrected chi connectivity index (χ1v) is 16.4. The molecule has 2 heterocycles. The second kappa shape index (κ2) is 16.4. The van der Waals surface area contributed by atoms with Crippen molar-refractivity contribution in [2.24, 2.45) is 5.92 Å². The highest BCUT2D eigenvalue weighted by Crippen LogP contribution is 2.35. The molecule has 0 aliphatic heterocycles. The molecule has 0 saturated carbocycles. The highest BCUT2D eigenvalue weighted by atomic mass is 16.6. The van der Waals surface area contributed by atoms with E-state index in [0.717, 1.165) is 0 Å². The quantitative estimate of drug-likeness (QED) is 0.171. The van der Waals surface area contributed by atoms with Crippen molar-refractivity contribution in [3.63, 3.8) is 0 Å². The van der Waals surface area contributed by atoms with E-state index >= 15 is 0 Å². The molecule has 0 bridgehead atoms. The van der Waals surface area contributed by atoms with Crippen molar-refractivity contribution < 1.29 is 33.0 Å². The standard InChI is InChI=1S/C37H54O9/c1-14-28(39)20(6)35-24(10)32(42)22(8)33(46-35)18(4)17-19(5)34(43-27(13)38)25(11)37(45-30(40)16-3)26(12)36-23(9)31(41)21(7)29(15-2)44-36/h17-18,20,25-26,28,34,37,39H,14-16H2,1-13H3/b19-17+/t18-,20-,25-,26-,28-,34-,37+/m0/s1. The Kier molecular flexibility index (Phi) is 13.8.